The van der Waals surface area contributed by atoms with Crippen LogP contribution in [0.4, 0.5) is 0 Å². The van der Waals surface area contributed by atoms with Crippen molar-refractivity contribution in [1.82, 2.24) is 4.98 Å². The van der Waals surface area contributed by atoms with Gasteiger partial charge in [0.15, 0.2) is 5.75 Å². The predicted octanol–water partition coefficient (Wildman–Crippen LogP) is 2.46. The number of nitrogens with zero attached hydrogens (tertiary/aromatic N) is 1. The van der Waals surface area contributed by atoms with Crippen LogP contribution in [0.3, 0.4) is 0 Å². The Balaban J connectivity index is 3.34. The number of aromatic nitrogens is 1. The van der Waals surface area contributed by atoms with Gasteiger partial charge in [-0.05, 0) is 45.4 Å². The molecule has 1 aromatic heterocycles. The molecule has 0 atom stereocenters. The van der Waals surface area contributed by atoms with Gasteiger partial charge in [-0.25, -0.2) is 4.98 Å². The highest BCUT2D eigenvalue weighted by Gasteiger charge is 2.04. The van der Waals surface area contributed by atoms with Crippen molar-refractivity contribution in [3.8, 4) is 5.75 Å². The molecule has 10 heavy (non-hydrogen) atoms. The third kappa shape index (κ3) is 1.42. The first-order valence-electron chi connectivity index (χ1n) is 2.62. The van der Waals surface area contributed by atoms with Gasteiger partial charge in [-0.3, -0.25) is 0 Å². The van der Waals surface area contributed by atoms with Gasteiger partial charge in [-0.1, -0.05) is 0 Å². The van der Waals surface area contributed by atoms with Crippen LogP contribution in [0, 0.1) is 10.6 Å². The summed E-state index contributed by atoms with van der Waals surface area (Å²) in [4.78, 5) is 3.93. The van der Waals surface area contributed by atoms with Crippen LogP contribution >= 0.6 is 38.5 Å². The van der Waals surface area contributed by atoms with Crippen molar-refractivity contribution in [2.24, 2.45) is 0 Å². The van der Waals surface area contributed by atoms with Gasteiger partial charge in [0.2, 0.25) is 0 Å². The molecule has 1 rings (SSSR count). The molecule has 0 aliphatic rings. The van der Waals surface area contributed by atoms with Crippen LogP contribution in [0.15, 0.2) is 10.7 Å². The van der Waals surface area contributed by atoms with Crippen LogP contribution in [-0.2, 0) is 0 Å². The molecule has 0 spiro atoms. The van der Waals surface area contributed by atoms with E-state index in [1.807, 2.05) is 29.5 Å². The molecular weight excluding hydrogens is 309 g/mol. The van der Waals surface area contributed by atoms with E-state index in [9.17, 15) is 5.11 Å². The Kier molecular flexibility index (Phi) is 2.51. The standard InChI is InChI=1S/C6H5BrINO/c1-3-4(7)2-9-6(8)5(3)10/h2,10H,1H3. The summed E-state index contributed by atoms with van der Waals surface area (Å²) in [5, 5.41) is 9.29. The van der Waals surface area contributed by atoms with Crippen LogP contribution in [0.2, 0.25) is 0 Å². The van der Waals surface area contributed by atoms with Crippen LogP contribution in [0.1, 0.15) is 5.56 Å². The van der Waals surface area contributed by atoms with E-state index >= 15 is 0 Å². The van der Waals surface area contributed by atoms with Gasteiger partial charge in [0.05, 0.1) is 0 Å². The lowest BCUT2D eigenvalue weighted by atomic mass is 10.3. The molecular formula is C6H5BrINO. The van der Waals surface area contributed by atoms with E-state index in [0.717, 1.165) is 10.0 Å². The second kappa shape index (κ2) is 3.04. The normalized spacial score (nSPS) is 9.90. The molecule has 0 saturated heterocycles. The highest BCUT2D eigenvalue weighted by atomic mass is 127. The van der Waals surface area contributed by atoms with Crippen LogP contribution in [0.25, 0.3) is 0 Å². The van der Waals surface area contributed by atoms with Gasteiger partial charge in [-0.15, -0.1) is 0 Å². The fourth-order valence-electron chi connectivity index (χ4n) is 0.539. The summed E-state index contributed by atoms with van der Waals surface area (Å²) in [6.45, 7) is 1.84. The van der Waals surface area contributed by atoms with E-state index in [-0.39, 0.29) is 5.75 Å². The van der Waals surface area contributed by atoms with Gasteiger partial charge in [0.1, 0.15) is 3.70 Å². The minimum absolute atomic E-state index is 0.259. The molecule has 0 aliphatic carbocycles. The minimum atomic E-state index is 0.259. The topological polar surface area (TPSA) is 33.1 Å². The first-order valence-corrected chi connectivity index (χ1v) is 4.49. The van der Waals surface area contributed by atoms with Gasteiger partial charge in [0, 0.05) is 16.2 Å². The second-order valence-corrected chi connectivity index (χ2v) is 3.75. The molecule has 1 N–H and O–H groups in total. The number of hydrogen-bond donors (Lipinski definition) is 1. The smallest absolute Gasteiger partial charge is 0.151 e. The van der Waals surface area contributed by atoms with Crippen LogP contribution in [0.5, 0.6) is 5.75 Å². The summed E-state index contributed by atoms with van der Waals surface area (Å²) in [6, 6.07) is 0. The molecule has 0 bridgehead atoms. The highest BCUT2D eigenvalue weighted by molar-refractivity contribution is 14.1. The molecule has 0 fully saturated rings. The molecule has 0 unspecified atom stereocenters. The lowest BCUT2D eigenvalue weighted by Crippen LogP contribution is -1.85. The summed E-state index contributed by atoms with van der Waals surface area (Å²) in [5.41, 5.74) is 0.833. The minimum Gasteiger partial charge on any atom is -0.505 e. The Morgan fingerprint density at radius 2 is 2.30 bits per heavy atom. The SMILES string of the molecule is Cc1c(Br)cnc(I)c1O. The van der Waals surface area contributed by atoms with E-state index in [4.69, 9.17) is 0 Å². The van der Waals surface area contributed by atoms with E-state index in [2.05, 4.69) is 20.9 Å². The molecule has 0 aliphatic heterocycles. The summed E-state index contributed by atoms with van der Waals surface area (Å²) in [5.74, 6) is 0.259. The number of pyridine rings is 1. The van der Waals surface area contributed by atoms with E-state index < -0.39 is 0 Å². The molecule has 0 amide bonds. The maximum absolute atomic E-state index is 9.29. The van der Waals surface area contributed by atoms with Crippen molar-refractivity contribution in [1.29, 1.82) is 0 Å². The molecule has 0 radical (unpaired) electrons. The van der Waals surface area contributed by atoms with Crippen LogP contribution in [-0.4, -0.2) is 10.1 Å². The first kappa shape index (κ1) is 8.26. The van der Waals surface area contributed by atoms with E-state index in [1.165, 1.54) is 0 Å². The average molecular weight is 314 g/mol. The maximum Gasteiger partial charge on any atom is 0.151 e. The van der Waals surface area contributed by atoms with Crippen molar-refractivity contribution in [3.63, 3.8) is 0 Å². The zero-order valence-electron chi connectivity index (χ0n) is 5.23. The molecule has 1 aromatic rings. The third-order valence-electron chi connectivity index (χ3n) is 1.20. The Labute approximate surface area is 80.9 Å². The first-order chi connectivity index (χ1) is 4.63. The lowest BCUT2D eigenvalue weighted by Gasteiger charge is -2.01. The quantitative estimate of drug-likeness (QED) is 0.589. The Morgan fingerprint density at radius 3 is 2.80 bits per heavy atom. The van der Waals surface area contributed by atoms with Crippen LogP contribution < -0.4 is 0 Å². The van der Waals surface area contributed by atoms with Gasteiger partial charge in [-0.2, -0.15) is 0 Å². The number of halogens is 2. The lowest BCUT2D eigenvalue weighted by molar-refractivity contribution is 0.463. The second-order valence-electron chi connectivity index (χ2n) is 1.87. The Hall–Kier alpha value is 0.160. The molecule has 2 nitrogen and oxygen atoms in total. The van der Waals surface area contributed by atoms with Crippen molar-refractivity contribution in [2.75, 3.05) is 0 Å². The molecule has 0 aromatic carbocycles. The summed E-state index contributed by atoms with van der Waals surface area (Å²) < 4.78 is 1.48. The predicted molar refractivity (Wildman–Crippen MR) is 51.1 cm³/mol. The molecule has 0 saturated carbocycles. The van der Waals surface area contributed by atoms with Crippen molar-refractivity contribution < 1.29 is 5.11 Å². The van der Waals surface area contributed by atoms with Crippen molar-refractivity contribution >= 4 is 38.5 Å². The Morgan fingerprint density at radius 1 is 1.70 bits per heavy atom. The van der Waals surface area contributed by atoms with E-state index in [0.29, 0.717) is 3.70 Å². The maximum atomic E-state index is 9.29. The number of hydrogen-bond acceptors (Lipinski definition) is 2. The third-order valence-corrected chi connectivity index (χ3v) is 2.79. The van der Waals surface area contributed by atoms with Gasteiger partial charge in [0.25, 0.3) is 0 Å². The molecule has 54 valence electrons. The summed E-state index contributed by atoms with van der Waals surface area (Å²) in [7, 11) is 0. The fourth-order valence-corrected chi connectivity index (χ4v) is 1.37. The summed E-state index contributed by atoms with van der Waals surface area (Å²) in [6.07, 6.45) is 1.68. The fraction of sp³-hybridized carbons (Fsp3) is 0.167. The van der Waals surface area contributed by atoms with Crippen molar-refractivity contribution in [3.05, 3.63) is 19.9 Å². The molecule has 4 heteroatoms. The zero-order valence-corrected chi connectivity index (χ0v) is 8.97. The number of rotatable bonds is 0. The van der Waals surface area contributed by atoms with Gasteiger partial charge < -0.3 is 5.11 Å². The highest BCUT2D eigenvalue weighted by Crippen LogP contribution is 2.27. The monoisotopic (exact) mass is 313 g/mol. The number of aromatic hydroxyl groups is 1. The molecule has 1 heterocycles. The van der Waals surface area contributed by atoms with Crippen molar-refractivity contribution in [2.45, 2.75) is 6.92 Å². The average Bonchev–Trinajstić information content (AvgIpc) is 1.93. The largest absolute Gasteiger partial charge is 0.505 e. The Bertz CT molecular complexity index is 237. The van der Waals surface area contributed by atoms with Gasteiger partial charge >= 0.3 is 0 Å². The van der Waals surface area contributed by atoms with E-state index in [1.54, 1.807) is 6.20 Å². The summed E-state index contributed by atoms with van der Waals surface area (Å²) >= 11 is 5.24. The zero-order chi connectivity index (χ0) is 7.72.